The number of hydrogen-bond acceptors (Lipinski definition) is 3. The third-order valence-electron chi connectivity index (χ3n) is 2.45. The van der Waals surface area contributed by atoms with Crippen LogP contribution in [0.15, 0.2) is 22.7 Å². The first-order valence-electron chi connectivity index (χ1n) is 5.43. The zero-order valence-corrected chi connectivity index (χ0v) is 12.4. The largest absolute Gasteiger partial charge is 0.398 e. The van der Waals surface area contributed by atoms with Gasteiger partial charge in [-0.3, -0.25) is 4.79 Å². The molecule has 1 aromatic rings. The highest BCUT2D eigenvalue weighted by atomic mass is 79.9. The van der Waals surface area contributed by atoms with Gasteiger partial charge < -0.3 is 11.1 Å². The van der Waals surface area contributed by atoms with Gasteiger partial charge in [-0.25, -0.2) is 0 Å². The van der Waals surface area contributed by atoms with Crippen molar-refractivity contribution < 1.29 is 4.79 Å². The minimum atomic E-state index is -0.0647. The second kappa shape index (κ2) is 6.91. The lowest BCUT2D eigenvalue weighted by Crippen LogP contribution is -2.36. The lowest BCUT2D eigenvalue weighted by atomic mass is 10.1. The first-order valence-corrected chi connectivity index (χ1v) is 7.62. The first kappa shape index (κ1) is 14.4. The molecule has 0 saturated carbocycles. The van der Waals surface area contributed by atoms with Crippen molar-refractivity contribution in [2.75, 3.05) is 17.7 Å². The van der Waals surface area contributed by atoms with Crippen LogP contribution in [0.2, 0.25) is 0 Å². The van der Waals surface area contributed by atoms with Crippen LogP contribution in [-0.4, -0.2) is 24.0 Å². The lowest BCUT2D eigenvalue weighted by Gasteiger charge is -2.16. The molecule has 1 rings (SSSR count). The predicted octanol–water partition coefficient (Wildman–Crippen LogP) is 2.90. The maximum atomic E-state index is 12.0. The summed E-state index contributed by atoms with van der Waals surface area (Å²) in [7, 11) is 0. The molecule has 3 nitrogen and oxygen atoms in total. The number of nitrogens with one attached hydrogen (secondary N) is 1. The zero-order chi connectivity index (χ0) is 12.8. The minimum Gasteiger partial charge on any atom is -0.398 e. The summed E-state index contributed by atoms with van der Waals surface area (Å²) in [5, 5.41) is 3.00. The molecule has 0 spiro atoms. The Labute approximate surface area is 115 Å². The van der Waals surface area contributed by atoms with Crippen molar-refractivity contribution in [1.82, 2.24) is 5.32 Å². The van der Waals surface area contributed by atoms with Gasteiger partial charge in [-0.2, -0.15) is 11.8 Å². The second-order valence-electron chi connectivity index (χ2n) is 3.77. The number of nitrogen functional groups attached to an aromatic ring is 1. The van der Waals surface area contributed by atoms with Gasteiger partial charge >= 0.3 is 0 Å². The number of hydrogen-bond donors (Lipinski definition) is 2. The monoisotopic (exact) mass is 316 g/mol. The molecule has 0 heterocycles. The first-order chi connectivity index (χ1) is 8.08. The fourth-order valence-electron chi connectivity index (χ4n) is 1.42. The van der Waals surface area contributed by atoms with E-state index in [4.69, 9.17) is 5.73 Å². The number of rotatable bonds is 5. The lowest BCUT2D eigenvalue weighted by molar-refractivity contribution is 0.0940. The Morgan fingerprint density at radius 1 is 1.59 bits per heavy atom. The topological polar surface area (TPSA) is 55.1 Å². The molecule has 17 heavy (non-hydrogen) atoms. The summed E-state index contributed by atoms with van der Waals surface area (Å²) in [5.74, 6) is 0.860. The Morgan fingerprint density at radius 3 is 2.82 bits per heavy atom. The summed E-state index contributed by atoms with van der Waals surface area (Å²) in [6, 6.07) is 5.45. The molecule has 0 aliphatic heterocycles. The highest BCUT2D eigenvalue weighted by Gasteiger charge is 2.12. The number of carbonyl (C=O) groups is 1. The predicted molar refractivity (Wildman–Crippen MR) is 78.5 cm³/mol. The zero-order valence-electron chi connectivity index (χ0n) is 10.00. The summed E-state index contributed by atoms with van der Waals surface area (Å²) in [5.41, 5.74) is 6.93. The summed E-state index contributed by atoms with van der Waals surface area (Å²) in [6.07, 6.45) is 2.96. The van der Waals surface area contributed by atoms with E-state index in [0.717, 1.165) is 16.6 Å². The van der Waals surface area contributed by atoms with Crippen LogP contribution in [0.1, 0.15) is 23.7 Å². The van der Waals surface area contributed by atoms with Gasteiger partial charge in [0, 0.05) is 27.5 Å². The van der Waals surface area contributed by atoms with E-state index < -0.39 is 0 Å². The van der Waals surface area contributed by atoms with Crippen LogP contribution in [0.4, 0.5) is 5.69 Å². The highest BCUT2D eigenvalue weighted by Crippen LogP contribution is 2.20. The van der Waals surface area contributed by atoms with Gasteiger partial charge in [0.25, 0.3) is 5.91 Å². The second-order valence-corrected chi connectivity index (χ2v) is 5.54. The number of carbonyl (C=O) groups excluding carboxylic acids is 1. The molecule has 5 heteroatoms. The van der Waals surface area contributed by atoms with E-state index >= 15 is 0 Å². The molecule has 1 atom stereocenters. The standard InChI is InChI=1S/C12H17BrN2OS/c1-3-9(7-17-2)15-12(16)8-4-5-10(13)11(14)6-8/h4-6,9H,3,7,14H2,1-2H3,(H,15,16). The van der Waals surface area contributed by atoms with Gasteiger partial charge in [0.2, 0.25) is 0 Å². The van der Waals surface area contributed by atoms with Crippen molar-refractivity contribution >= 4 is 39.3 Å². The van der Waals surface area contributed by atoms with Crippen LogP contribution in [0.25, 0.3) is 0 Å². The molecule has 0 radical (unpaired) electrons. The number of benzene rings is 1. The van der Waals surface area contributed by atoms with E-state index in [0.29, 0.717) is 11.3 Å². The molecular formula is C12H17BrN2OS. The fraction of sp³-hybridized carbons (Fsp3) is 0.417. The normalized spacial score (nSPS) is 12.2. The third kappa shape index (κ3) is 4.24. The molecule has 0 saturated heterocycles. The van der Waals surface area contributed by atoms with E-state index in [1.165, 1.54) is 0 Å². The van der Waals surface area contributed by atoms with Crippen molar-refractivity contribution in [1.29, 1.82) is 0 Å². The highest BCUT2D eigenvalue weighted by molar-refractivity contribution is 9.10. The molecule has 1 amide bonds. The van der Waals surface area contributed by atoms with E-state index in [2.05, 4.69) is 28.2 Å². The summed E-state index contributed by atoms with van der Waals surface area (Å²) < 4.78 is 0.810. The fourth-order valence-corrected chi connectivity index (χ4v) is 2.38. The van der Waals surface area contributed by atoms with Crippen LogP contribution < -0.4 is 11.1 Å². The van der Waals surface area contributed by atoms with Crippen molar-refractivity contribution in [3.8, 4) is 0 Å². The molecule has 0 fully saturated rings. The number of amides is 1. The van der Waals surface area contributed by atoms with Gasteiger partial charge in [0.1, 0.15) is 0 Å². The number of anilines is 1. The molecule has 3 N–H and O–H groups in total. The maximum absolute atomic E-state index is 12.0. The Hall–Kier alpha value is -0.680. The molecule has 0 bridgehead atoms. The third-order valence-corrected chi connectivity index (χ3v) is 3.91. The SMILES string of the molecule is CCC(CSC)NC(=O)c1ccc(Br)c(N)c1. The smallest absolute Gasteiger partial charge is 0.251 e. The van der Waals surface area contributed by atoms with Crippen molar-refractivity contribution in [2.24, 2.45) is 0 Å². The summed E-state index contributed by atoms with van der Waals surface area (Å²) in [4.78, 5) is 12.0. The van der Waals surface area contributed by atoms with Crippen LogP contribution in [0.3, 0.4) is 0 Å². The van der Waals surface area contributed by atoms with Crippen LogP contribution in [0, 0.1) is 0 Å². The van der Waals surface area contributed by atoms with Gasteiger partial charge in [0.15, 0.2) is 0 Å². The maximum Gasteiger partial charge on any atom is 0.251 e. The number of thioether (sulfide) groups is 1. The van der Waals surface area contributed by atoms with E-state index in [1.807, 2.05) is 6.26 Å². The van der Waals surface area contributed by atoms with Crippen molar-refractivity contribution in [3.05, 3.63) is 28.2 Å². The molecule has 1 unspecified atom stereocenters. The minimum absolute atomic E-state index is 0.0647. The molecule has 0 aromatic heterocycles. The van der Waals surface area contributed by atoms with Gasteiger partial charge in [0.05, 0.1) is 0 Å². The van der Waals surface area contributed by atoms with Crippen molar-refractivity contribution in [2.45, 2.75) is 19.4 Å². The molecule has 0 aliphatic rings. The Bertz CT molecular complexity index is 398. The van der Waals surface area contributed by atoms with E-state index in [9.17, 15) is 4.79 Å². The van der Waals surface area contributed by atoms with Crippen LogP contribution >= 0.6 is 27.7 Å². The Morgan fingerprint density at radius 2 is 2.29 bits per heavy atom. The number of nitrogens with two attached hydrogens (primary N) is 1. The van der Waals surface area contributed by atoms with Crippen molar-refractivity contribution in [3.63, 3.8) is 0 Å². The summed E-state index contributed by atoms with van der Waals surface area (Å²) >= 11 is 5.04. The quantitative estimate of drug-likeness (QED) is 0.821. The average molecular weight is 317 g/mol. The van der Waals surface area contributed by atoms with Gasteiger partial charge in [-0.15, -0.1) is 0 Å². The summed E-state index contributed by atoms with van der Waals surface area (Å²) in [6.45, 7) is 2.07. The number of halogens is 1. The van der Waals surface area contributed by atoms with E-state index in [-0.39, 0.29) is 11.9 Å². The molecular weight excluding hydrogens is 300 g/mol. The Balaban J connectivity index is 2.72. The Kier molecular flexibility index (Phi) is 5.85. The van der Waals surface area contributed by atoms with Crippen LogP contribution in [-0.2, 0) is 0 Å². The van der Waals surface area contributed by atoms with Gasteiger partial charge in [-0.05, 0) is 46.8 Å². The average Bonchev–Trinajstić information content (AvgIpc) is 2.31. The molecule has 1 aromatic carbocycles. The van der Waals surface area contributed by atoms with Crippen LogP contribution in [0.5, 0.6) is 0 Å². The van der Waals surface area contributed by atoms with Gasteiger partial charge in [-0.1, -0.05) is 6.92 Å². The molecule has 94 valence electrons. The van der Waals surface area contributed by atoms with E-state index in [1.54, 1.807) is 30.0 Å². The molecule has 0 aliphatic carbocycles.